The lowest BCUT2D eigenvalue weighted by molar-refractivity contribution is -0.138. The number of carbonyl (C=O) groups excluding carboxylic acids is 2. The summed E-state index contributed by atoms with van der Waals surface area (Å²) < 4.78 is 2.39. The maximum atomic E-state index is 13.7. The van der Waals surface area contributed by atoms with Gasteiger partial charge in [-0.3, -0.25) is 19.0 Å². The molecule has 1 aliphatic heterocycles. The van der Waals surface area contributed by atoms with Gasteiger partial charge in [-0.2, -0.15) is 4.68 Å². The van der Waals surface area contributed by atoms with E-state index in [4.69, 9.17) is 4.84 Å². The molecule has 2 heterocycles. The van der Waals surface area contributed by atoms with Crippen LogP contribution in [0.25, 0.3) is 6.08 Å². The van der Waals surface area contributed by atoms with Crippen LogP contribution in [0.4, 0.5) is 0 Å². The zero-order valence-electron chi connectivity index (χ0n) is 23.0. The maximum Gasteiger partial charge on any atom is 0.350 e. The highest BCUT2D eigenvalue weighted by Crippen LogP contribution is 2.22. The number of hydrogen-bond acceptors (Lipinski definition) is 6. The Labute approximate surface area is 233 Å². The number of benzene rings is 2. The van der Waals surface area contributed by atoms with Crippen LogP contribution < -0.4 is 21.5 Å². The normalized spacial score (nSPS) is 13.8. The monoisotopic (exact) mass is 547 g/mol. The number of hydroxylamine groups is 1. The summed E-state index contributed by atoms with van der Waals surface area (Å²) >= 11 is 0. The van der Waals surface area contributed by atoms with Crippen molar-refractivity contribution in [1.29, 1.82) is 0 Å². The van der Waals surface area contributed by atoms with E-state index in [0.29, 0.717) is 25.2 Å². The van der Waals surface area contributed by atoms with E-state index in [2.05, 4.69) is 10.8 Å². The van der Waals surface area contributed by atoms with Crippen molar-refractivity contribution in [2.45, 2.75) is 58.8 Å². The SMILES string of the molecule is CC(C)CCC(=O)N([C@@H](CC=Cc1ccccc1)C(=O)NOCc1ccccc1)n1c(O)c2n(c1=O)CCNC2. The third-order valence-corrected chi connectivity index (χ3v) is 6.73. The number of aromatic hydroxyl groups is 1. The number of aromatic nitrogens is 2. The van der Waals surface area contributed by atoms with E-state index in [9.17, 15) is 19.5 Å². The van der Waals surface area contributed by atoms with Gasteiger partial charge in [0, 0.05) is 26.1 Å². The first-order valence-corrected chi connectivity index (χ1v) is 13.6. The number of fused-ring (bicyclic) bond motifs is 1. The van der Waals surface area contributed by atoms with E-state index in [1.807, 2.05) is 80.6 Å². The van der Waals surface area contributed by atoms with Gasteiger partial charge < -0.3 is 10.4 Å². The molecular formula is C30H37N5O5. The average Bonchev–Trinajstić information content (AvgIpc) is 3.22. The van der Waals surface area contributed by atoms with Crippen molar-refractivity contribution in [1.82, 2.24) is 20.0 Å². The van der Waals surface area contributed by atoms with Crippen molar-refractivity contribution in [2.75, 3.05) is 11.6 Å². The molecule has 0 bridgehead atoms. The minimum atomic E-state index is -1.17. The van der Waals surface area contributed by atoms with Gasteiger partial charge in [0.05, 0.1) is 12.3 Å². The molecule has 0 spiro atoms. The molecule has 0 aliphatic carbocycles. The predicted molar refractivity (Wildman–Crippen MR) is 153 cm³/mol. The number of rotatable bonds is 12. The van der Waals surface area contributed by atoms with E-state index in [0.717, 1.165) is 20.8 Å². The van der Waals surface area contributed by atoms with Crippen LogP contribution in [-0.2, 0) is 34.1 Å². The van der Waals surface area contributed by atoms with Crippen molar-refractivity contribution in [3.63, 3.8) is 0 Å². The molecule has 1 aromatic heterocycles. The Kier molecular flexibility index (Phi) is 9.93. The minimum Gasteiger partial charge on any atom is -0.492 e. The van der Waals surface area contributed by atoms with Crippen LogP contribution in [0, 0.1) is 5.92 Å². The summed E-state index contributed by atoms with van der Waals surface area (Å²) in [5.74, 6) is -1.19. The molecule has 212 valence electrons. The van der Waals surface area contributed by atoms with Crippen LogP contribution in [0.1, 0.15) is 49.9 Å². The van der Waals surface area contributed by atoms with Gasteiger partial charge in [0.25, 0.3) is 5.91 Å². The van der Waals surface area contributed by atoms with Gasteiger partial charge in [-0.05, 0) is 29.9 Å². The smallest absolute Gasteiger partial charge is 0.350 e. The van der Waals surface area contributed by atoms with Crippen LogP contribution in [0.3, 0.4) is 0 Å². The molecule has 1 aliphatic rings. The van der Waals surface area contributed by atoms with Crippen molar-refractivity contribution >= 4 is 17.9 Å². The van der Waals surface area contributed by atoms with E-state index >= 15 is 0 Å². The largest absolute Gasteiger partial charge is 0.492 e. The molecule has 0 radical (unpaired) electrons. The second-order valence-corrected chi connectivity index (χ2v) is 10.2. The van der Waals surface area contributed by atoms with E-state index in [-0.39, 0.29) is 37.8 Å². The van der Waals surface area contributed by atoms with Crippen LogP contribution in [0.5, 0.6) is 5.88 Å². The summed E-state index contributed by atoms with van der Waals surface area (Å²) in [5, 5.41) is 15.4. The molecule has 1 atom stereocenters. The highest BCUT2D eigenvalue weighted by molar-refractivity contribution is 5.95. The van der Waals surface area contributed by atoms with Crippen LogP contribution in [0.15, 0.2) is 71.5 Å². The number of hydrogen-bond donors (Lipinski definition) is 3. The number of amides is 2. The van der Waals surface area contributed by atoms with Crippen molar-refractivity contribution in [3.8, 4) is 5.88 Å². The quantitative estimate of drug-likeness (QED) is 0.300. The molecular weight excluding hydrogens is 510 g/mol. The Morgan fingerprint density at radius 2 is 1.82 bits per heavy atom. The van der Waals surface area contributed by atoms with Gasteiger partial charge in [-0.25, -0.2) is 15.3 Å². The van der Waals surface area contributed by atoms with Crippen molar-refractivity contribution in [2.24, 2.45) is 5.92 Å². The summed E-state index contributed by atoms with van der Waals surface area (Å²) in [6.07, 6.45) is 4.35. The Hall–Kier alpha value is -4.15. The highest BCUT2D eigenvalue weighted by atomic mass is 16.7. The van der Waals surface area contributed by atoms with Crippen molar-refractivity contribution in [3.05, 3.63) is 94.0 Å². The van der Waals surface area contributed by atoms with Crippen LogP contribution >= 0.6 is 0 Å². The van der Waals surface area contributed by atoms with Gasteiger partial charge in [0.15, 0.2) is 0 Å². The zero-order chi connectivity index (χ0) is 28.5. The Balaban J connectivity index is 1.68. The van der Waals surface area contributed by atoms with E-state index in [1.165, 1.54) is 4.57 Å². The van der Waals surface area contributed by atoms with Crippen molar-refractivity contribution < 1.29 is 19.5 Å². The lowest BCUT2D eigenvalue weighted by atomic mass is 10.1. The summed E-state index contributed by atoms with van der Waals surface area (Å²) in [6, 6.07) is 17.7. The molecule has 0 saturated carbocycles. The van der Waals surface area contributed by atoms with Crippen LogP contribution in [-0.4, -0.2) is 38.8 Å². The summed E-state index contributed by atoms with van der Waals surface area (Å²) in [5.41, 5.74) is 4.05. The molecule has 0 fully saturated rings. The first-order valence-electron chi connectivity index (χ1n) is 13.6. The summed E-state index contributed by atoms with van der Waals surface area (Å²) in [7, 11) is 0. The second kappa shape index (κ2) is 13.8. The fraction of sp³-hybridized carbons (Fsp3) is 0.367. The van der Waals surface area contributed by atoms with Gasteiger partial charge >= 0.3 is 5.69 Å². The third kappa shape index (κ3) is 7.08. The number of imidazole rings is 1. The van der Waals surface area contributed by atoms with Gasteiger partial charge in [0.1, 0.15) is 6.04 Å². The average molecular weight is 548 g/mol. The molecule has 10 nitrogen and oxygen atoms in total. The molecule has 3 aromatic rings. The lowest BCUT2D eigenvalue weighted by Crippen LogP contribution is -2.57. The highest BCUT2D eigenvalue weighted by Gasteiger charge is 2.36. The third-order valence-electron chi connectivity index (χ3n) is 6.73. The fourth-order valence-electron chi connectivity index (χ4n) is 4.56. The fourth-order valence-corrected chi connectivity index (χ4v) is 4.56. The molecule has 0 saturated heterocycles. The molecule has 0 unspecified atom stereocenters. The minimum absolute atomic E-state index is 0.0769. The Morgan fingerprint density at radius 3 is 2.50 bits per heavy atom. The van der Waals surface area contributed by atoms with E-state index in [1.54, 1.807) is 6.08 Å². The molecule has 10 heteroatoms. The topological polar surface area (TPSA) is 118 Å². The summed E-state index contributed by atoms with van der Waals surface area (Å²) in [4.78, 5) is 46.4. The lowest BCUT2D eigenvalue weighted by Gasteiger charge is -2.30. The number of nitrogens with zero attached hydrogens (tertiary/aromatic N) is 3. The second-order valence-electron chi connectivity index (χ2n) is 10.2. The van der Waals surface area contributed by atoms with Gasteiger partial charge in [-0.15, -0.1) is 0 Å². The molecule has 3 N–H and O–H groups in total. The number of nitrogens with one attached hydrogen (secondary N) is 2. The molecule has 40 heavy (non-hydrogen) atoms. The predicted octanol–water partition coefficient (Wildman–Crippen LogP) is 3.08. The first kappa shape index (κ1) is 28.8. The standard InChI is InChI=1S/C30H37N5O5/c1-22(2)16-17-27(36)34(35-29(38)26-20-31-18-19-33(26)30(35)39)25(15-9-14-23-10-5-3-6-11-23)28(37)32-40-21-24-12-7-4-8-13-24/h3-14,22,25,31,38H,15-21H2,1-2H3,(H,32,37)/t25-/m0/s1. The van der Waals surface area contributed by atoms with E-state index < -0.39 is 23.5 Å². The van der Waals surface area contributed by atoms with Gasteiger partial charge in [0.2, 0.25) is 11.8 Å². The zero-order valence-corrected chi connectivity index (χ0v) is 23.0. The maximum absolute atomic E-state index is 13.7. The summed E-state index contributed by atoms with van der Waals surface area (Å²) in [6.45, 7) is 5.27. The molecule has 2 amide bonds. The molecule has 2 aromatic carbocycles. The Morgan fingerprint density at radius 1 is 1.12 bits per heavy atom. The van der Waals surface area contributed by atoms with Gasteiger partial charge in [-0.1, -0.05) is 86.7 Å². The first-order chi connectivity index (χ1) is 19.4. The molecule has 4 rings (SSSR count). The number of carbonyl (C=O) groups is 2. The van der Waals surface area contributed by atoms with Crippen LogP contribution in [0.2, 0.25) is 0 Å². The Bertz CT molecular complexity index is 1360.